The maximum atomic E-state index is 14.1. The normalized spacial score (nSPS) is 22.5. The van der Waals surface area contributed by atoms with Crippen LogP contribution in [-0.2, 0) is 0 Å². The number of benzene rings is 1. The molecule has 0 aliphatic heterocycles. The Morgan fingerprint density at radius 3 is 2.11 bits per heavy atom. The summed E-state index contributed by atoms with van der Waals surface area (Å²) in [6, 6.07) is 8.49. The minimum absolute atomic E-state index is 0.171. The lowest BCUT2D eigenvalue weighted by Crippen LogP contribution is -2.66. The summed E-state index contributed by atoms with van der Waals surface area (Å²) in [5.41, 5.74) is -1.63. The first kappa shape index (κ1) is 22.0. The van der Waals surface area contributed by atoms with Gasteiger partial charge in [-0.25, -0.2) is 0 Å². The molecule has 0 heterocycles. The van der Waals surface area contributed by atoms with E-state index in [1.54, 1.807) is 37.3 Å². The molecule has 0 unspecified atom stereocenters. The zero-order chi connectivity index (χ0) is 20.7. The Kier molecular flexibility index (Phi) is 5.91. The topological polar surface area (TPSA) is 44.6 Å². The first-order chi connectivity index (χ1) is 12.2. The summed E-state index contributed by atoms with van der Waals surface area (Å²) in [5, 5.41) is 5.09. The fourth-order valence-corrected chi connectivity index (χ4v) is 4.12. The van der Waals surface area contributed by atoms with Gasteiger partial charge in [-0.2, -0.15) is 22.7 Å². The van der Waals surface area contributed by atoms with Gasteiger partial charge < -0.3 is 5.11 Å². The van der Waals surface area contributed by atoms with E-state index in [0.29, 0.717) is 5.69 Å². The van der Waals surface area contributed by atoms with E-state index in [1.807, 2.05) is 0 Å². The van der Waals surface area contributed by atoms with Crippen molar-refractivity contribution >= 4 is 34.6 Å². The summed E-state index contributed by atoms with van der Waals surface area (Å²) in [7, 11) is 0. The molecule has 0 saturated carbocycles. The van der Waals surface area contributed by atoms with Crippen LogP contribution in [0.3, 0.4) is 0 Å². The number of nitrogens with zero attached hydrogens (tertiary/aromatic N) is 1. The summed E-state index contributed by atoms with van der Waals surface area (Å²) in [5.74, 6) is -1.86. The summed E-state index contributed by atoms with van der Waals surface area (Å²) in [4.78, 5) is 0. The number of hydrazone groups is 1. The first-order valence-electron chi connectivity index (χ1n) is 8.12. The van der Waals surface area contributed by atoms with Crippen LogP contribution >= 0.6 is 23.2 Å². The Labute approximate surface area is 165 Å². The van der Waals surface area contributed by atoms with Gasteiger partial charge in [0.25, 0.3) is 0 Å². The van der Waals surface area contributed by atoms with E-state index in [-0.39, 0.29) is 12.1 Å². The van der Waals surface area contributed by atoms with Crippen molar-refractivity contribution in [3.8, 4) is 0 Å². The van der Waals surface area contributed by atoms with E-state index < -0.39 is 27.7 Å². The van der Waals surface area contributed by atoms with Crippen LogP contribution in [-0.4, -0.2) is 27.2 Å². The second-order valence-electron chi connectivity index (χ2n) is 7.37. The summed E-state index contributed by atoms with van der Waals surface area (Å²) >= 11 is 9.92. The second kappa shape index (κ2) is 7.26. The van der Waals surface area contributed by atoms with Gasteiger partial charge in [-0.1, -0.05) is 37.6 Å². The average molecular weight is 427 g/mol. The van der Waals surface area contributed by atoms with Crippen LogP contribution in [0, 0.1) is 11.3 Å². The Morgan fingerprint density at radius 1 is 1.11 bits per heavy atom. The van der Waals surface area contributed by atoms with Gasteiger partial charge in [-0.15, -0.1) is 0 Å². The summed E-state index contributed by atoms with van der Waals surface area (Å²) in [6.07, 6.45) is 1.55. The molecule has 1 aromatic rings. The SMILES string of the molecule is CC1=C/C(=N/Nc2ccccc2)[C@@H](C(O)(C(F)(F)Cl)C(F)(F)Cl)C(C)(C)C1. The lowest BCUT2D eigenvalue weighted by molar-refractivity contribution is -0.246. The molecule has 3 nitrogen and oxygen atoms in total. The van der Waals surface area contributed by atoms with Crippen molar-refractivity contribution in [2.24, 2.45) is 16.4 Å². The van der Waals surface area contributed by atoms with Gasteiger partial charge in [0, 0.05) is 0 Å². The highest BCUT2D eigenvalue weighted by atomic mass is 35.5. The van der Waals surface area contributed by atoms with Crippen LogP contribution in [0.1, 0.15) is 27.2 Å². The van der Waals surface area contributed by atoms with Crippen molar-refractivity contribution in [3.05, 3.63) is 42.0 Å². The number of para-hydroxylation sites is 1. The Bertz CT molecular complexity index is 726. The smallest absolute Gasteiger partial charge is 0.357 e. The highest BCUT2D eigenvalue weighted by Gasteiger charge is 2.73. The van der Waals surface area contributed by atoms with Gasteiger partial charge in [-0.3, -0.25) is 5.43 Å². The van der Waals surface area contributed by atoms with E-state index in [9.17, 15) is 22.7 Å². The van der Waals surface area contributed by atoms with Gasteiger partial charge in [0.05, 0.1) is 17.3 Å². The van der Waals surface area contributed by atoms with E-state index >= 15 is 0 Å². The molecular weight excluding hydrogens is 407 g/mol. The molecule has 1 atom stereocenters. The molecule has 0 fully saturated rings. The van der Waals surface area contributed by atoms with Gasteiger partial charge in [0.15, 0.2) is 0 Å². The number of anilines is 1. The number of halogens is 6. The molecule has 0 radical (unpaired) electrons. The standard InChI is InChI=1S/C18H20Cl2F4N2O/c1-11-9-13(26-25-12-7-5-4-6-8-12)14(15(2,3)10-11)16(27,17(19,21)22)18(20,23)24/h4-9,14,25,27H,10H2,1-3H3/b26-13-/t14-/m1/s1. The number of hydrogen-bond donors (Lipinski definition) is 2. The third-order valence-corrected chi connectivity index (χ3v) is 5.15. The van der Waals surface area contributed by atoms with Crippen LogP contribution in [0.25, 0.3) is 0 Å². The molecule has 1 aromatic carbocycles. The Hall–Kier alpha value is -1.31. The largest absolute Gasteiger partial charge is 0.376 e. The molecule has 0 amide bonds. The van der Waals surface area contributed by atoms with E-state index in [4.69, 9.17) is 23.2 Å². The molecule has 0 spiro atoms. The minimum Gasteiger partial charge on any atom is -0.376 e. The number of rotatable bonds is 5. The van der Waals surface area contributed by atoms with Crippen molar-refractivity contribution in [1.82, 2.24) is 0 Å². The van der Waals surface area contributed by atoms with Crippen LogP contribution < -0.4 is 5.43 Å². The van der Waals surface area contributed by atoms with Gasteiger partial charge in [0.2, 0.25) is 5.60 Å². The van der Waals surface area contributed by atoms with Crippen LogP contribution in [0.2, 0.25) is 0 Å². The molecule has 150 valence electrons. The molecular formula is C18H20Cl2F4N2O. The van der Waals surface area contributed by atoms with Crippen molar-refractivity contribution in [3.63, 3.8) is 0 Å². The van der Waals surface area contributed by atoms with Gasteiger partial charge in [0.1, 0.15) is 0 Å². The fraction of sp³-hybridized carbons (Fsp3) is 0.500. The minimum atomic E-state index is -4.72. The zero-order valence-electron chi connectivity index (χ0n) is 14.9. The molecule has 9 heteroatoms. The lowest BCUT2D eigenvalue weighted by atomic mass is 9.61. The summed E-state index contributed by atoms with van der Waals surface area (Å²) < 4.78 is 56.3. The third kappa shape index (κ3) is 4.25. The van der Waals surface area contributed by atoms with E-state index in [0.717, 1.165) is 5.57 Å². The molecule has 0 saturated heterocycles. The number of alkyl halides is 6. The quantitative estimate of drug-likeness (QED) is 0.352. The molecule has 1 aliphatic carbocycles. The Morgan fingerprint density at radius 2 is 1.63 bits per heavy atom. The van der Waals surface area contributed by atoms with Crippen LogP contribution in [0.15, 0.2) is 47.1 Å². The average Bonchev–Trinajstić information content (AvgIpc) is 2.49. The molecule has 2 rings (SSSR count). The molecule has 0 aromatic heterocycles. The number of aliphatic hydroxyl groups is 1. The van der Waals surface area contributed by atoms with E-state index in [1.165, 1.54) is 19.9 Å². The maximum absolute atomic E-state index is 14.1. The number of nitrogens with one attached hydrogen (secondary N) is 1. The molecule has 1 aliphatic rings. The van der Waals surface area contributed by atoms with Crippen molar-refractivity contribution in [1.29, 1.82) is 0 Å². The predicted molar refractivity (Wildman–Crippen MR) is 99.7 cm³/mol. The first-order valence-corrected chi connectivity index (χ1v) is 8.87. The summed E-state index contributed by atoms with van der Waals surface area (Å²) in [6.45, 7) is 4.66. The molecule has 2 N–H and O–H groups in total. The number of hydrogen-bond acceptors (Lipinski definition) is 3. The van der Waals surface area contributed by atoms with Crippen molar-refractivity contribution < 1.29 is 22.7 Å². The predicted octanol–water partition coefficient (Wildman–Crippen LogP) is 5.84. The van der Waals surface area contributed by atoms with Gasteiger partial charge >= 0.3 is 10.8 Å². The van der Waals surface area contributed by atoms with Crippen LogP contribution in [0.5, 0.6) is 0 Å². The van der Waals surface area contributed by atoms with Gasteiger partial charge in [-0.05, 0) is 60.2 Å². The highest BCUT2D eigenvalue weighted by Crippen LogP contribution is 2.57. The molecule has 27 heavy (non-hydrogen) atoms. The third-order valence-electron chi connectivity index (χ3n) is 4.58. The van der Waals surface area contributed by atoms with E-state index in [2.05, 4.69) is 10.5 Å². The maximum Gasteiger partial charge on any atom is 0.357 e. The monoisotopic (exact) mass is 426 g/mol. The van der Waals surface area contributed by atoms with Crippen LogP contribution in [0.4, 0.5) is 23.2 Å². The Balaban J connectivity index is 2.63. The number of allylic oxidation sites excluding steroid dienone is 2. The van der Waals surface area contributed by atoms with Crippen molar-refractivity contribution in [2.75, 3.05) is 5.43 Å². The van der Waals surface area contributed by atoms with Crippen molar-refractivity contribution in [2.45, 2.75) is 43.6 Å². The highest BCUT2D eigenvalue weighted by molar-refractivity contribution is 6.27. The fourth-order valence-electron chi connectivity index (χ4n) is 3.61. The molecule has 0 bridgehead atoms. The second-order valence-corrected chi connectivity index (χ2v) is 8.31. The zero-order valence-corrected chi connectivity index (χ0v) is 16.4. The lowest BCUT2D eigenvalue weighted by Gasteiger charge is -2.49.